The zero-order valence-corrected chi connectivity index (χ0v) is 15.6. The van der Waals surface area contributed by atoms with Crippen molar-refractivity contribution >= 4 is 16.9 Å². The molecule has 27 heavy (non-hydrogen) atoms. The number of hydrogen-bond donors (Lipinski definition) is 4. The predicted molar refractivity (Wildman–Crippen MR) is 105 cm³/mol. The van der Waals surface area contributed by atoms with E-state index in [4.69, 9.17) is 0 Å². The second-order valence-electron chi connectivity index (χ2n) is 6.84. The molecule has 2 heterocycles. The number of hydrogen-bond acceptors (Lipinski definition) is 4. The second kappa shape index (κ2) is 7.28. The third-order valence-corrected chi connectivity index (χ3v) is 4.65. The molecule has 0 saturated carbocycles. The van der Waals surface area contributed by atoms with Gasteiger partial charge in [0.2, 0.25) is 0 Å². The molecule has 3 rings (SSSR count). The number of aromatic hydroxyl groups is 1. The van der Waals surface area contributed by atoms with Crippen LogP contribution in [0.2, 0.25) is 0 Å². The number of carbonyl (C=O) groups is 1. The Hall–Kier alpha value is -3.06. The summed E-state index contributed by atoms with van der Waals surface area (Å²) in [5.41, 5.74) is 2.16. The molecule has 142 valence electrons. The van der Waals surface area contributed by atoms with E-state index < -0.39 is 22.8 Å². The molecule has 0 spiro atoms. The fourth-order valence-electron chi connectivity index (χ4n) is 3.24. The van der Waals surface area contributed by atoms with Gasteiger partial charge in [-0.05, 0) is 38.0 Å². The van der Waals surface area contributed by atoms with Gasteiger partial charge in [0.1, 0.15) is 5.75 Å². The Labute approximate surface area is 156 Å². The van der Waals surface area contributed by atoms with Gasteiger partial charge in [-0.2, -0.15) is 0 Å². The van der Waals surface area contributed by atoms with Crippen molar-refractivity contribution in [2.24, 2.45) is 0 Å². The Morgan fingerprint density at radius 3 is 2.56 bits per heavy atom. The van der Waals surface area contributed by atoms with Gasteiger partial charge >= 0.3 is 5.97 Å². The first-order valence-corrected chi connectivity index (χ1v) is 8.80. The average molecular weight is 369 g/mol. The van der Waals surface area contributed by atoms with Crippen LogP contribution in [0, 0.1) is 0 Å². The maximum absolute atomic E-state index is 12.2. The first-order valence-electron chi connectivity index (χ1n) is 8.80. The lowest BCUT2D eigenvalue weighted by Crippen LogP contribution is -2.20. The van der Waals surface area contributed by atoms with Gasteiger partial charge in [-0.25, -0.2) is 4.79 Å². The minimum atomic E-state index is -1.44. The van der Waals surface area contributed by atoms with Crippen molar-refractivity contribution in [3.05, 3.63) is 51.4 Å². The Kier molecular flexibility index (Phi) is 5.05. The molecule has 0 fully saturated rings. The zero-order valence-electron chi connectivity index (χ0n) is 15.6. The van der Waals surface area contributed by atoms with E-state index in [1.165, 1.54) is 0 Å². The SMILES string of the molecule is CCc1c(-c2ccc3cc(CCN(C)C)[nH]c3c2)[nH]c(=O)c(C(=O)O)c1O. The lowest BCUT2D eigenvalue weighted by Gasteiger charge is -2.12. The average Bonchev–Trinajstić information content (AvgIpc) is 3.01. The molecule has 0 bridgehead atoms. The molecule has 0 unspecified atom stereocenters. The number of pyridine rings is 1. The molecule has 1 aromatic carbocycles. The molecule has 4 N–H and O–H groups in total. The molecule has 0 atom stereocenters. The number of aromatic amines is 2. The highest BCUT2D eigenvalue weighted by molar-refractivity contribution is 5.92. The number of aromatic carboxylic acids is 1. The van der Waals surface area contributed by atoms with Gasteiger partial charge in [-0.3, -0.25) is 4.79 Å². The first kappa shape index (κ1) is 18.7. The van der Waals surface area contributed by atoms with E-state index in [1.807, 2.05) is 32.3 Å². The van der Waals surface area contributed by atoms with Crippen LogP contribution in [0.4, 0.5) is 0 Å². The van der Waals surface area contributed by atoms with Crippen molar-refractivity contribution in [3.63, 3.8) is 0 Å². The van der Waals surface area contributed by atoms with Gasteiger partial charge in [-0.1, -0.05) is 19.1 Å². The summed E-state index contributed by atoms with van der Waals surface area (Å²) >= 11 is 0. The van der Waals surface area contributed by atoms with Gasteiger partial charge in [-0.15, -0.1) is 0 Å². The van der Waals surface area contributed by atoms with Crippen LogP contribution in [0.15, 0.2) is 29.1 Å². The third-order valence-electron chi connectivity index (χ3n) is 4.65. The largest absolute Gasteiger partial charge is 0.506 e. The number of benzene rings is 1. The summed E-state index contributed by atoms with van der Waals surface area (Å²) in [4.78, 5) is 31.5. The molecule has 7 heteroatoms. The summed E-state index contributed by atoms with van der Waals surface area (Å²) in [6.07, 6.45) is 1.28. The fraction of sp³-hybridized carbons (Fsp3) is 0.300. The van der Waals surface area contributed by atoms with Crippen molar-refractivity contribution in [2.45, 2.75) is 19.8 Å². The van der Waals surface area contributed by atoms with Crippen LogP contribution < -0.4 is 5.56 Å². The number of aromatic nitrogens is 2. The lowest BCUT2D eigenvalue weighted by molar-refractivity contribution is 0.0691. The number of rotatable bonds is 6. The van der Waals surface area contributed by atoms with Gasteiger partial charge in [0.15, 0.2) is 5.56 Å². The van der Waals surface area contributed by atoms with Crippen LogP contribution >= 0.6 is 0 Å². The smallest absolute Gasteiger partial charge is 0.345 e. The highest BCUT2D eigenvalue weighted by atomic mass is 16.4. The molecule has 0 aliphatic heterocycles. The van der Waals surface area contributed by atoms with Crippen molar-refractivity contribution in [1.29, 1.82) is 0 Å². The zero-order chi connectivity index (χ0) is 19.7. The Balaban J connectivity index is 2.09. The minimum absolute atomic E-state index is 0.384. The first-order chi connectivity index (χ1) is 12.8. The molecule has 0 amide bonds. The molecule has 0 aliphatic rings. The Morgan fingerprint density at radius 1 is 1.19 bits per heavy atom. The summed E-state index contributed by atoms with van der Waals surface area (Å²) in [7, 11) is 4.05. The number of likely N-dealkylation sites (N-methyl/N-ethyl adjacent to an activating group) is 1. The van der Waals surface area contributed by atoms with Gasteiger partial charge in [0.25, 0.3) is 5.56 Å². The predicted octanol–water partition coefficient (Wildman–Crippen LogP) is 2.59. The quantitative estimate of drug-likeness (QED) is 0.534. The number of carboxylic acids is 1. The topological polar surface area (TPSA) is 109 Å². The summed E-state index contributed by atoms with van der Waals surface area (Å²) in [6, 6.07) is 7.80. The van der Waals surface area contributed by atoms with E-state index >= 15 is 0 Å². The van der Waals surface area contributed by atoms with Crippen LogP contribution in [0.5, 0.6) is 5.75 Å². The summed E-state index contributed by atoms with van der Waals surface area (Å²) in [6.45, 7) is 2.73. The van der Waals surface area contributed by atoms with E-state index in [1.54, 1.807) is 6.92 Å². The second-order valence-corrected chi connectivity index (χ2v) is 6.84. The lowest BCUT2D eigenvalue weighted by atomic mass is 10.00. The third kappa shape index (κ3) is 3.59. The summed E-state index contributed by atoms with van der Waals surface area (Å²) in [5, 5.41) is 20.5. The van der Waals surface area contributed by atoms with Crippen LogP contribution in [0.25, 0.3) is 22.2 Å². The minimum Gasteiger partial charge on any atom is -0.506 e. The summed E-state index contributed by atoms with van der Waals surface area (Å²) in [5.74, 6) is -1.91. The van der Waals surface area contributed by atoms with E-state index in [0.717, 1.165) is 29.6 Å². The van der Waals surface area contributed by atoms with E-state index in [-0.39, 0.29) is 0 Å². The van der Waals surface area contributed by atoms with Crippen LogP contribution in [-0.4, -0.2) is 51.7 Å². The van der Waals surface area contributed by atoms with Crippen molar-refractivity contribution in [1.82, 2.24) is 14.9 Å². The van der Waals surface area contributed by atoms with E-state index in [2.05, 4.69) is 20.9 Å². The maximum Gasteiger partial charge on any atom is 0.345 e. The van der Waals surface area contributed by atoms with Gasteiger partial charge in [0.05, 0.1) is 5.69 Å². The van der Waals surface area contributed by atoms with Crippen molar-refractivity contribution < 1.29 is 15.0 Å². The highest BCUT2D eigenvalue weighted by Crippen LogP contribution is 2.31. The molecule has 7 nitrogen and oxygen atoms in total. The number of nitrogens with zero attached hydrogens (tertiary/aromatic N) is 1. The van der Waals surface area contributed by atoms with E-state index in [9.17, 15) is 19.8 Å². The fourth-order valence-corrected chi connectivity index (χ4v) is 3.24. The van der Waals surface area contributed by atoms with Crippen molar-refractivity contribution in [3.8, 4) is 17.0 Å². The number of fused-ring (bicyclic) bond motifs is 1. The monoisotopic (exact) mass is 369 g/mol. The molecule has 0 aliphatic carbocycles. The normalized spacial score (nSPS) is 11.4. The number of nitrogens with one attached hydrogen (secondary N) is 2. The molecule has 2 aromatic heterocycles. The Morgan fingerprint density at radius 2 is 1.93 bits per heavy atom. The summed E-state index contributed by atoms with van der Waals surface area (Å²) < 4.78 is 0. The highest BCUT2D eigenvalue weighted by Gasteiger charge is 2.22. The van der Waals surface area contributed by atoms with Crippen LogP contribution in [-0.2, 0) is 12.8 Å². The molecular weight excluding hydrogens is 346 g/mol. The van der Waals surface area contributed by atoms with Gasteiger partial charge < -0.3 is 25.1 Å². The Bertz CT molecular complexity index is 1060. The van der Waals surface area contributed by atoms with E-state index in [0.29, 0.717) is 23.2 Å². The van der Waals surface area contributed by atoms with Crippen molar-refractivity contribution in [2.75, 3.05) is 20.6 Å². The maximum atomic E-state index is 12.2. The van der Waals surface area contributed by atoms with Crippen LogP contribution in [0.3, 0.4) is 0 Å². The number of H-pyrrole nitrogens is 2. The molecule has 0 radical (unpaired) electrons. The molecule has 0 saturated heterocycles. The van der Waals surface area contributed by atoms with Gasteiger partial charge in [0, 0.05) is 35.3 Å². The van der Waals surface area contributed by atoms with Crippen LogP contribution in [0.1, 0.15) is 28.5 Å². The molecule has 3 aromatic rings. The number of carboxylic acid groups (broad SMARTS) is 1. The standard InChI is InChI=1S/C20H23N3O4/c1-4-14-17(22-19(25)16(18(14)24)20(26)27)12-6-5-11-9-13(7-8-23(2)3)21-15(11)10-12/h5-6,9-10,21H,4,7-8H2,1-3H3,(H,26,27)(H2,22,24,25). The molecular formula is C20H23N3O4.